The van der Waals surface area contributed by atoms with Crippen LogP contribution in [0.1, 0.15) is 47.9 Å². The zero-order chi connectivity index (χ0) is 53.0. The first-order chi connectivity index (χ1) is 38.5. The summed E-state index contributed by atoms with van der Waals surface area (Å²) in [7, 11) is 0. The summed E-state index contributed by atoms with van der Waals surface area (Å²) >= 11 is 1.36. The Balaban J connectivity index is 0.000000171. The summed E-state index contributed by atoms with van der Waals surface area (Å²) < 4.78 is 0. The molecular weight excluding hydrogens is 1060 g/mol. The van der Waals surface area contributed by atoms with E-state index >= 15 is 0 Å². The van der Waals surface area contributed by atoms with E-state index in [1.807, 2.05) is 0 Å². The summed E-state index contributed by atoms with van der Waals surface area (Å²) in [5.41, 5.74) is 16.0. The average Bonchev–Trinajstić information content (AvgIpc) is 4.28. The van der Waals surface area contributed by atoms with Gasteiger partial charge in [0.2, 0.25) is 0 Å². The second-order valence-electron chi connectivity index (χ2n) is 20.8. The van der Waals surface area contributed by atoms with Crippen LogP contribution in [0.25, 0.3) is 109 Å². The first-order valence-corrected chi connectivity index (χ1v) is 31.4. The second kappa shape index (κ2) is 25.0. The maximum absolute atomic E-state index is 3.06. The molecule has 0 saturated carbocycles. The minimum atomic E-state index is 0. The fourth-order valence-corrected chi connectivity index (χ4v) is 12.2. The monoisotopic (exact) mass is 1120 g/mol. The second-order valence-corrected chi connectivity index (χ2v) is 20.8. The SMILES string of the molecule is CC(Cc1cc2c(-c3cccc4ccccc34)ccc(-c3cccc4ccccc34)c2[cH-]1)c1ccccc1.CC(Cc1cc2c(-c3cccc4ccccc34)ccc(-c3cccc4ccccc34)c2[cH-]1)c1ccccc1.[CH3-].[CH3-].[Si]=[Zr]. The van der Waals surface area contributed by atoms with Crippen molar-refractivity contribution in [2.24, 2.45) is 0 Å². The van der Waals surface area contributed by atoms with Crippen molar-refractivity contribution in [2.45, 2.75) is 38.5 Å². The molecule has 2 radical (unpaired) electrons. The molecule has 0 aromatic heterocycles. The first-order valence-electron chi connectivity index (χ1n) is 27.2. The molecule has 388 valence electrons. The van der Waals surface area contributed by atoms with Crippen molar-refractivity contribution in [3.8, 4) is 44.5 Å². The molecule has 14 aromatic carbocycles. The topological polar surface area (TPSA) is 0 Å². The Morgan fingerprint density at radius 2 is 0.537 bits per heavy atom. The quantitative estimate of drug-likeness (QED) is 0.0946. The first kappa shape index (κ1) is 55.3. The van der Waals surface area contributed by atoms with Gasteiger partial charge in [-0.3, -0.25) is 0 Å². The van der Waals surface area contributed by atoms with Crippen LogP contribution in [-0.4, -0.2) is 6.88 Å². The molecule has 0 aliphatic carbocycles. The molecule has 0 nitrogen and oxygen atoms in total. The predicted octanol–water partition coefficient (Wildman–Crippen LogP) is 21.6. The van der Waals surface area contributed by atoms with Gasteiger partial charge < -0.3 is 14.9 Å². The predicted molar refractivity (Wildman–Crippen MR) is 347 cm³/mol. The van der Waals surface area contributed by atoms with Crippen molar-refractivity contribution >= 4 is 71.5 Å². The van der Waals surface area contributed by atoms with Gasteiger partial charge in [-0.25, -0.2) is 0 Å². The number of benzene rings is 12. The van der Waals surface area contributed by atoms with Gasteiger partial charge in [-0.2, -0.15) is 12.1 Å². The van der Waals surface area contributed by atoms with E-state index < -0.39 is 0 Å². The normalized spacial score (nSPS) is 11.8. The van der Waals surface area contributed by atoms with Gasteiger partial charge in [-0.15, -0.1) is 44.8 Å². The molecule has 0 saturated heterocycles. The van der Waals surface area contributed by atoms with Crippen LogP contribution in [0.4, 0.5) is 0 Å². The Bertz CT molecular complexity index is 3870. The zero-order valence-corrected chi connectivity index (χ0v) is 49.6. The molecule has 14 aromatic rings. The third kappa shape index (κ3) is 11.0. The number of hydrogen-bond donors (Lipinski definition) is 0. The van der Waals surface area contributed by atoms with E-state index in [1.54, 1.807) is 0 Å². The van der Waals surface area contributed by atoms with Crippen molar-refractivity contribution in [1.82, 2.24) is 0 Å². The standard InChI is InChI=1S/2C38H29.2CH3.Si.Zr/c2*1-26(28-11-3-2-4-12-28)23-27-24-37-35(33-19-9-15-29-13-5-7-17-31(29)33)21-22-36(38(37)25-27)34-20-10-16-30-14-6-8-18-32(30)34;;;;/h2*2-22,24-26H,23H2,1H3;2*1H3;;/q4*-1;;. The maximum atomic E-state index is 3.06. The molecule has 0 spiro atoms. The fourth-order valence-electron chi connectivity index (χ4n) is 12.2. The summed E-state index contributed by atoms with van der Waals surface area (Å²) in [6.07, 6.45) is 2.03. The van der Waals surface area contributed by atoms with Gasteiger partial charge in [0.1, 0.15) is 0 Å². The van der Waals surface area contributed by atoms with Gasteiger partial charge in [-0.1, -0.05) is 302 Å². The Hall–Kier alpha value is -8.00. The third-order valence-electron chi connectivity index (χ3n) is 16.0. The molecule has 80 heavy (non-hydrogen) atoms. The summed E-state index contributed by atoms with van der Waals surface area (Å²) in [6.45, 7) is 7.74. The van der Waals surface area contributed by atoms with Gasteiger partial charge in [0.25, 0.3) is 0 Å². The molecule has 14 rings (SSSR count). The average molecular weight is 1120 g/mol. The molecule has 2 atom stereocenters. The van der Waals surface area contributed by atoms with Gasteiger partial charge in [-0.05, 0) is 90.0 Å². The molecule has 0 aliphatic rings. The summed E-state index contributed by atoms with van der Waals surface area (Å²) in [4.78, 5) is 0. The Morgan fingerprint density at radius 1 is 0.287 bits per heavy atom. The van der Waals surface area contributed by atoms with Crippen LogP contribution in [0, 0.1) is 14.9 Å². The van der Waals surface area contributed by atoms with Crippen LogP contribution < -0.4 is 0 Å². The van der Waals surface area contributed by atoms with Crippen LogP contribution in [0.3, 0.4) is 0 Å². The summed E-state index contributed by atoms with van der Waals surface area (Å²) in [5, 5.41) is 15.7. The van der Waals surface area contributed by atoms with Crippen LogP contribution in [0.15, 0.2) is 279 Å². The minimum absolute atomic E-state index is 0. The van der Waals surface area contributed by atoms with Crippen LogP contribution >= 0.6 is 0 Å². The van der Waals surface area contributed by atoms with Crippen molar-refractivity contribution < 1.29 is 23.3 Å². The molecule has 0 amide bonds. The van der Waals surface area contributed by atoms with E-state index in [9.17, 15) is 0 Å². The number of hydrogen-bond acceptors (Lipinski definition) is 0. The van der Waals surface area contributed by atoms with Crippen molar-refractivity contribution in [3.63, 3.8) is 0 Å². The van der Waals surface area contributed by atoms with Gasteiger partial charge >= 0.3 is 30.2 Å². The van der Waals surface area contributed by atoms with Gasteiger partial charge in [0.15, 0.2) is 0 Å². The molecule has 2 unspecified atom stereocenters. The van der Waals surface area contributed by atoms with E-state index in [1.165, 1.54) is 155 Å². The van der Waals surface area contributed by atoms with Gasteiger partial charge in [0, 0.05) is 0 Å². The molecule has 0 heterocycles. The molecule has 0 aliphatic heterocycles. The van der Waals surface area contributed by atoms with Crippen molar-refractivity contribution in [1.29, 1.82) is 0 Å². The van der Waals surface area contributed by atoms with E-state index in [4.69, 9.17) is 0 Å². The van der Waals surface area contributed by atoms with Crippen molar-refractivity contribution in [3.05, 3.63) is 316 Å². The molecular formula is C78H64SiZr-4. The van der Waals surface area contributed by atoms with Crippen molar-refractivity contribution in [2.75, 3.05) is 0 Å². The van der Waals surface area contributed by atoms with E-state index in [-0.39, 0.29) is 14.9 Å². The Morgan fingerprint density at radius 3 is 0.863 bits per heavy atom. The molecule has 2 heteroatoms. The molecule has 0 fully saturated rings. The van der Waals surface area contributed by atoms with Crippen LogP contribution in [-0.2, 0) is 36.2 Å². The summed E-state index contributed by atoms with van der Waals surface area (Å²) in [6, 6.07) is 102. The third-order valence-corrected chi connectivity index (χ3v) is 16.0. The van der Waals surface area contributed by atoms with Gasteiger partial charge in [0.05, 0.1) is 0 Å². The number of fused-ring (bicyclic) bond motifs is 6. The number of rotatable bonds is 10. The molecule has 0 N–H and O–H groups in total. The zero-order valence-electron chi connectivity index (χ0n) is 46.1. The van der Waals surface area contributed by atoms with E-state index in [0.717, 1.165) is 12.8 Å². The Kier molecular flexibility index (Phi) is 17.3. The van der Waals surface area contributed by atoms with E-state index in [2.05, 4.69) is 300 Å². The van der Waals surface area contributed by atoms with Crippen LogP contribution in [0.2, 0.25) is 0 Å². The van der Waals surface area contributed by atoms with Crippen LogP contribution in [0.5, 0.6) is 0 Å². The Labute approximate surface area is 490 Å². The fraction of sp³-hybridized carbons (Fsp3) is 0.0769. The summed E-state index contributed by atoms with van der Waals surface area (Å²) in [5.74, 6) is 0.907. The molecule has 0 bridgehead atoms. The van der Waals surface area contributed by atoms with E-state index in [0.29, 0.717) is 11.8 Å².